The van der Waals surface area contributed by atoms with Gasteiger partial charge in [0.25, 0.3) is 0 Å². The maximum atomic E-state index is 12.8. The number of unbranched alkanes of at least 4 members (excludes halogenated alkanes) is 35. The molecule has 0 aromatic carbocycles. The van der Waals surface area contributed by atoms with Gasteiger partial charge in [0.15, 0.2) is 6.10 Å². The summed E-state index contributed by atoms with van der Waals surface area (Å²) in [6, 6.07) is 0. The molecule has 0 aliphatic carbocycles. The summed E-state index contributed by atoms with van der Waals surface area (Å²) in [5.41, 5.74) is 0. The van der Waals surface area contributed by atoms with Crippen LogP contribution in [0.5, 0.6) is 0 Å². The molecule has 1 unspecified atom stereocenters. The lowest BCUT2D eigenvalue weighted by atomic mass is 9.99. The first-order valence-electron chi connectivity index (χ1n) is 28.3. The molecule has 0 aromatic rings. The van der Waals surface area contributed by atoms with Gasteiger partial charge in [-0.15, -0.1) is 0 Å². The van der Waals surface area contributed by atoms with Crippen molar-refractivity contribution in [3.63, 3.8) is 0 Å². The third kappa shape index (κ3) is 49.7. The van der Waals surface area contributed by atoms with Crippen molar-refractivity contribution in [1.82, 2.24) is 0 Å². The highest BCUT2D eigenvalue weighted by Crippen LogP contribution is 2.19. The summed E-state index contributed by atoms with van der Waals surface area (Å²) in [4.78, 5) is 37.8. The van der Waals surface area contributed by atoms with Gasteiger partial charge in [-0.25, -0.2) is 0 Å². The van der Waals surface area contributed by atoms with E-state index in [1.165, 1.54) is 199 Å². The van der Waals surface area contributed by atoms with Gasteiger partial charge < -0.3 is 14.2 Å². The van der Waals surface area contributed by atoms with Gasteiger partial charge >= 0.3 is 17.9 Å². The molecule has 0 saturated heterocycles. The standard InChI is InChI=1S/C57H110O6/c1-6-8-9-35-42-47-55(58)61-50-54(63-57(60)49-44-39-34-30-26-22-18-14-15-19-23-27-31-36-40-45-52(3)4)51-62-56(59)48-43-38-33-29-25-21-17-13-11-10-12-16-20-24-28-32-37-41-46-53(5)7-2/h52-54H,6-51H2,1-5H3/t53?,54-/m1/s1. The fraction of sp³-hybridized carbons (Fsp3) is 0.947. The van der Waals surface area contributed by atoms with E-state index in [1.807, 2.05) is 0 Å². The zero-order valence-electron chi connectivity index (χ0n) is 43.2. The van der Waals surface area contributed by atoms with Crippen molar-refractivity contribution in [2.24, 2.45) is 11.8 Å². The summed E-state index contributed by atoms with van der Waals surface area (Å²) >= 11 is 0. The molecule has 6 heteroatoms. The molecule has 0 rings (SSSR count). The lowest BCUT2D eigenvalue weighted by molar-refractivity contribution is -0.167. The van der Waals surface area contributed by atoms with Crippen molar-refractivity contribution in [3.05, 3.63) is 0 Å². The molecule has 63 heavy (non-hydrogen) atoms. The molecule has 6 nitrogen and oxygen atoms in total. The summed E-state index contributed by atoms with van der Waals surface area (Å²) in [6.07, 6.45) is 52.7. The fourth-order valence-corrected chi connectivity index (χ4v) is 8.66. The van der Waals surface area contributed by atoms with E-state index in [1.54, 1.807) is 0 Å². The molecule has 2 atom stereocenters. The number of ether oxygens (including phenoxy) is 3. The Morgan fingerprint density at radius 2 is 0.603 bits per heavy atom. The van der Waals surface area contributed by atoms with Crippen LogP contribution in [0.15, 0.2) is 0 Å². The first-order chi connectivity index (χ1) is 30.8. The summed E-state index contributed by atoms with van der Waals surface area (Å²) in [5, 5.41) is 0. The van der Waals surface area contributed by atoms with E-state index in [0.29, 0.717) is 19.3 Å². The predicted molar refractivity (Wildman–Crippen MR) is 270 cm³/mol. The molecule has 0 amide bonds. The summed E-state index contributed by atoms with van der Waals surface area (Å²) < 4.78 is 16.7. The zero-order chi connectivity index (χ0) is 46.1. The van der Waals surface area contributed by atoms with Crippen LogP contribution in [0.2, 0.25) is 0 Å². The smallest absolute Gasteiger partial charge is 0.306 e. The molecule has 0 heterocycles. The normalized spacial score (nSPS) is 12.5. The van der Waals surface area contributed by atoms with Crippen LogP contribution in [-0.4, -0.2) is 37.2 Å². The van der Waals surface area contributed by atoms with Crippen LogP contribution in [-0.2, 0) is 28.6 Å². The maximum Gasteiger partial charge on any atom is 0.306 e. The number of esters is 3. The van der Waals surface area contributed by atoms with Gasteiger partial charge in [0.2, 0.25) is 0 Å². The van der Waals surface area contributed by atoms with Crippen LogP contribution in [0.3, 0.4) is 0 Å². The topological polar surface area (TPSA) is 78.9 Å². The summed E-state index contributed by atoms with van der Waals surface area (Å²) in [7, 11) is 0. The molecule has 0 radical (unpaired) electrons. The Morgan fingerprint density at radius 1 is 0.333 bits per heavy atom. The number of hydrogen-bond acceptors (Lipinski definition) is 6. The lowest BCUT2D eigenvalue weighted by Gasteiger charge is -2.18. The maximum absolute atomic E-state index is 12.8. The largest absolute Gasteiger partial charge is 0.462 e. The first kappa shape index (κ1) is 61.4. The first-order valence-corrected chi connectivity index (χ1v) is 28.3. The van der Waals surface area contributed by atoms with Gasteiger partial charge in [-0.3, -0.25) is 14.4 Å². The number of carbonyl (C=O) groups excluding carboxylic acids is 3. The van der Waals surface area contributed by atoms with E-state index in [-0.39, 0.29) is 31.1 Å². The number of rotatable bonds is 51. The SMILES string of the molecule is CCCCCCCC(=O)OC[C@H](COC(=O)CCCCCCCCCCCCCCCCCCCCC(C)CC)OC(=O)CCCCCCCCCCCCCCCCCC(C)C. The minimum Gasteiger partial charge on any atom is -0.462 e. The molecular formula is C57H110O6. The van der Waals surface area contributed by atoms with E-state index in [0.717, 1.165) is 76.0 Å². The van der Waals surface area contributed by atoms with Crippen LogP contribution in [0.25, 0.3) is 0 Å². The highest BCUT2D eigenvalue weighted by atomic mass is 16.6. The van der Waals surface area contributed by atoms with Gasteiger partial charge in [0.1, 0.15) is 13.2 Å². The Balaban J connectivity index is 4.04. The van der Waals surface area contributed by atoms with Crippen molar-refractivity contribution >= 4 is 17.9 Å². The molecule has 0 aromatic heterocycles. The second-order valence-electron chi connectivity index (χ2n) is 20.3. The van der Waals surface area contributed by atoms with E-state index in [9.17, 15) is 14.4 Å². The quantitative estimate of drug-likeness (QED) is 0.0344. The second kappa shape index (κ2) is 49.8. The molecule has 0 N–H and O–H groups in total. The highest BCUT2D eigenvalue weighted by molar-refractivity contribution is 5.71. The predicted octanol–water partition coefficient (Wildman–Crippen LogP) is 18.5. The van der Waals surface area contributed by atoms with Crippen molar-refractivity contribution in [2.75, 3.05) is 13.2 Å². The number of hydrogen-bond donors (Lipinski definition) is 0. The second-order valence-corrected chi connectivity index (χ2v) is 20.3. The van der Waals surface area contributed by atoms with E-state index in [2.05, 4.69) is 34.6 Å². The molecule has 0 fully saturated rings. The molecule has 0 aliphatic heterocycles. The molecule has 0 spiro atoms. The monoisotopic (exact) mass is 891 g/mol. The van der Waals surface area contributed by atoms with Gasteiger partial charge in [-0.2, -0.15) is 0 Å². The summed E-state index contributed by atoms with van der Waals surface area (Å²) in [5.74, 6) is 0.901. The van der Waals surface area contributed by atoms with Crippen molar-refractivity contribution < 1.29 is 28.6 Å². The van der Waals surface area contributed by atoms with Crippen LogP contribution in [0, 0.1) is 11.8 Å². The Kier molecular flexibility index (Phi) is 48.6. The zero-order valence-corrected chi connectivity index (χ0v) is 43.2. The van der Waals surface area contributed by atoms with Crippen LogP contribution >= 0.6 is 0 Å². The van der Waals surface area contributed by atoms with E-state index < -0.39 is 6.10 Å². The van der Waals surface area contributed by atoms with Crippen LogP contribution < -0.4 is 0 Å². The van der Waals surface area contributed by atoms with Gasteiger partial charge in [0.05, 0.1) is 0 Å². The average Bonchev–Trinajstić information content (AvgIpc) is 3.27. The minimum atomic E-state index is -0.760. The van der Waals surface area contributed by atoms with E-state index in [4.69, 9.17) is 14.2 Å². The van der Waals surface area contributed by atoms with Gasteiger partial charge in [-0.1, -0.05) is 279 Å². The Labute approximate surface area is 393 Å². The third-order valence-electron chi connectivity index (χ3n) is 13.3. The van der Waals surface area contributed by atoms with Crippen LogP contribution in [0.4, 0.5) is 0 Å². The number of carbonyl (C=O) groups is 3. The van der Waals surface area contributed by atoms with Gasteiger partial charge in [-0.05, 0) is 31.1 Å². The third-order valence-corrected chi connectivity index (χ3v) is 13.3. The lowest BCUT2D eigenvalue weighted by Crippen LogP contribution is -2.30. The van der Waals surface area contributed by atoms with Crippen molar-refractivity contribution in [2.45, 2.75) is 323 Å². The fourth-order valence-electron chi connectivity index (χ4n) is 8.66. The molecule has 374 valence electrons. The summed E-state index contributed by atoms with van der Waals surface area (Å²) in [6.45, 7) is 11.4. The molecular weight excluding hydrogens is 781 g/mol. The van der Waals surface area contributed by atoms with Crippen LogP contribution in [0.1, 0.15) is 317 Å². The Hall–Kier alpha value is -1.59. The van der Waals surface area contributed by atoms with Crippen molar-refractivity contribution in [1.29, 1.82) is 0 Å². The molecule has 0 saturated carbocycles. The molecule has 0 bridgehead atoms. The Morgan fingerprint density at radius 3 is 0.905 bits per heavy atom. The van der Waals surface area contributed by atoms with Gasteiger partial charge in [0, 0.05) is 19.3 Å². The van der Waals surface area contributed by atoms with E-state index >= 15 is 0 Å². The minimum absolute atomic E-state index is 0.0640. The highest BCUT2D eigenvalue weighted by Gasteiger charge is 2.19. The molecule has 0 aliphatic rings. The average molecular weight is 892 g/mol. The van der Waals surface area contributed by atoms with Crippen molar-refractivity contribution in [3.8, 4) is 0 Å². The Bertz CT molecular complexity index is 964.